The third-order valence-corrected chi connectivity index (χ3v) is 4.65. The average Bonchev–Trinajstić information content (AvgIpc) is 2.52. The van der Waals surface area contributed by atoms with Gasteiger partial charge in [-0.05, 0) is 73.2 Å². The molecule has 0 spiro atoms. The molecular weight excluding hydrogens is 332 g/mol. The average molecular weight is 359 g/mol. The van der Waals surface area contributed by atoms with Crippen molar-refractivity contribution in [3.8, 4) is 11.1 Å². The zero-order valence-corrected chi connectivity index (χ0v) is 16.2. The van der Waals surface area contributed by atoms with Crippen molar-refractivity contribution in [2.45, 2.75) is 40.7 Å². The van der Waals surface area contributed by atoms with Crippen LogP contribution >= 0.6 is 11.6 Å². The summed E-state index contributed by atoms with van der Waals surface area (Å²) in [5, 5.41) is 4.20. The summed E-state index contributed by atoms with van der Waals surface area (Å²) in [6.45, 7) is 10.3. The fourth-order valence-corrected chi connectivity index (χ4v) is 3.37. The molecule has 0 aromatic heterocycles. The van der Waals surface area contributed by atoms with Gasteiger partial charge in [0.25, 0.3) is 0 Å². The molecule has 3 N–H and O–H groups in total. The van der Waals surface area contributed by atoms with Gasteiger partial charge in [-0.2, -0.15) is 0 Å². The highest BCUT2D eigenvalue weighted by atomic mass is 35.5. The number of amides is 1. The normalized spacial score (nSPS) is 11.1. The summed E-state index contributed by atoms with van der Waals surface area (Å²) >= 11 is 6.59. The van der Waals surface area contributed by atoms with Crippen LogP contribution in [-0.2, 0) is 6.54 Å². The van der Waals surface area contributed by atoms with E-state index < -0.39 is 5.91 Å². The zero-order chi connectivity index (χ0) is 18.6. The monoisotopic (exact) mass is 358 g/mol. The lowest BCUT2D eigenvalue weighted by Gasteiger charge is -2.15. The van der Waals surface area contributed by atoms with Crippen LogP contribution in [0, 0.1) is 19.8 Å². The SMILES string of the molecule is Cc1cc(C(N)=O)ccc1-c1c(C)cc(CNCCC(C)C)cc1Cl. The van der Waals surface area contributed by atoms with Crippen LogP contribution in [0.25, 0.3) is 11.1 Å². The molecule has 0 aliphatic rings. The molecule has 0 unspecified atom stereocenters. The molecular formula is C21H27ClN2O. The fraction of sp³-hybridized carbons (Fsp3) is 0.381. The third-order valence-electron chi connectivity index (χ3n) is 4.36. The molecule has 0 fully saturated rings. The number of nitrogens with one attached hydrogen (secondary N) is 1. The van der Waals surface area contributed by atoms with E-state index in [-0.39, 0.29) is 0 Å². The third kappa shape index (κ3) is 5.07. The maximum absolute atomic E-state index is 11.3. The molecule has 1 amide bonds. The lowest BCUT2D eigenvalue weighted by Crippen LogP contribution is -2.16. The van der Waals surface area contributed by atoms with Gasteiger partial charge in [0.2, 0.25) is 5.91 Å². The summed E-state index contributed by atoms with van der Waals surface area (Å²) in [7, 11) is 0. The Labute approximate surface area is 155 Å². The van der Waals surface area contributed by atoms with Crippen molar-refractivity contribution in [1.29, 1.82) is 0 Å². The largest absolute Gasteiger partial charge is 0.366 e. The van der Waals surface area contributed by atoms with E-state index in [0.717, 1.165) is 46.8 Å². The first-order valence-corrected chi connectivity index (χ1v) is 9.08. The van der Waals surface area contributed by atoms with Crippen LogP contribution in [-0.4, -0.2) is 12.5 Å². The van der Waals surface area contributed by atoms with Gasteiger partial charge in [-0.1, -0.05) is 37.6 Å². The summed E-state index contributed by atoms with van der Waals surface area (Å²) in [4.78, 5) is 11.3. The number of halogens is 1. The standard InChI is InChI=1S/C21H27ClN2O/c1-13(2)7-8-24-12-16-9-15(4)20(19(22)11-16)18-6-5-17(21(23)25)10-14(18)3/h5-6,9-11,13,24H,7-8,12H2,1-4H3,(H2,23,25). The molecule has 3 nitrogen and oxygen atoms in total. The molecule has 0 saturated heterocycles. The molecule has 134 valence electrons. The van der Waals surface area contributed by atoms with E-state index in [4.69, 9.17) is 17.3 Å². The van der Waals surface area contributed by atoms with Crippen LogP contribution in [0.15, 0.2) is 30.3 Å². The minimum atomic E-state index is -0.416. The van der Waals surface area contributed by atoms with Crippen LogP contribution in [0.4, 0.5) is 0 Å². The Morgan fingerprint density at radius 2 is 1.88 bits per heavy atom. The van der Waals surface area contributed by atoms with Crippen LogP contribution in [0.2, 0.25) is 5.02 Å². The Kier molecular flexibility index (Phi) is 6.63. The topological polar surface area (TPSA) is 55.1 Å². The van der Waals surface area contributed by atoms with Crippen molar-refractivity contribution in [2.75, 3.05) is 6.54 Å². The predicted molar refractivity (Wildman–Crippen MR) is 106 cm³/mol. The number of benzene rings is 2. The Balaban J connectivity index is 2.24. The molecule has 0 saturated carbocycles. The Morgan fingerprint density at radius 1 is 1.16 bits per heavy atom. The van der Waals surface area contributed by atoms with E-state index in [0.29, 0.717) is 11.5 Å². The van der Waals surface area contributed by atoms with Crippen molar-refractivity contribution in [1.82, 2.24) is 5.32 Å². The number of primary amides is 1. The number of hydrogen-bond donors (Lipinski definition) is 2. The second kappa shape index (κ2) is 8.50. The summed E-state index contributed by atoms with van der Waals surface area (Å²) in [5.74, 6) is 0.284. The number of nitrogens with two attached hydrogens (primary N) is 1. The Bertz CT molecular complexity index is 745. The lowest BCUT2D eigenvalue weighted by atomic mass is 9.93. The summed E-state index contributed by atoms with van der Waals surface area (Å²) < 4.78 is 0. The number of aryl methyl sites for hydroxylation is 2. The maximum atomic E-state index is 11.3. The summed E-state index contributed by atoms with van der Waals surface area (Å²) in [5.41, 5.74) is 11.2. The van der Waals surface area contributed by atoms with Gasteiger partial charge in [0.05, 0.1) is 0 Å². The van der Waals surface area contributed by atoms with E-state index in [1.54, 1.807) is 6.07 Å². The molecule has 0 heterocycles. The van der Waals surface area contributed by atoms with Gasteiger partial charge >= 0.3 is 0 Å². The van der Waals surface area contributed by atoms with Crippen LogP contribution in [0.5, 0.6) is 0 Å². The van der Waals surface area contributed by atoms with E-state index >= 15 is 0 Å². The van der Waals surface area contributed by atoms with Crippen molar-refractivity contribution in [3.63, 3.8) is 0 Å². The number of carbonyl (C=O) groups excluding carboxylic acids is 1. The molecule has 2 aromatic carbocycles. The van der Waals surface area contributed by atoms with Crippen LogP contribution < -0.4 is 11.1 Å². The van der Waals surface area contributed by atoms with Crippen LogP contribution in [0.3, 0.4) is 0 Å². The lowest BCUT2D eigenvalue weighted by molar-refractivity contribution is 0.1000. The van der Waals surface area contributed by atoms with Crippen molar-refractivity contribution >= 4 is 17.5 Å². The highest BCUT2D eigenvalue weighted by Crippen LogP contribution is 2.34. The first-order valence-electron chi connectivity index (χ1n) is 8.70. The molecule has 0 radical (unpaired) electrons. The van der Waals surface area contributed by atoms with Gasteiger partial charge in [0.1, 0.15) is 0 Å². The van der Waals surface area contributed by atoms with E-state index in [1.165, 1.54) is 5.56 Å². The number of rotatable bonds is 7. The maximum Gasteiger partial charge on any atom is 0.248 e. The molecule has 0 aliphatic carbocycles. The quantitative estimate of drug-likeness (QED) is 0.694. The van der Waals surface area contributed by atoms with Gasteiger partial charge in [-0.3, -0.25) is 4.79 Å². The smallest absolute Gasteiger partial charge is 0.248 e. The molecule has 0 bridgehead atoms. The van der Waals surface area contributed by atoms with Crippen LogP contribution in [0.1, 0.15) is 47.3 Å². The van der Waals surface area contributed by atoms with Gasteiger partial charge in [0, 0.05) is 22.7 Å². The van der Waals surface area contributed by atoms with Gasteiger partial charge in [-0.25, -0.2) is 0 Å². The first-order chi connectivity index (χ1) is 11.8. The summed E-state index contributed by atoms with van der Waals surface area (Å²) in [6, 6.07) is 9.68. The highest BCUT2D eigenvalue weighted by Gasteiger charge is 2.13. The van der Waals surface area contributed by atoms with Crippen molar-refractivity contribution in [3.05, 3.63) is 57.6 Å². The number of hydrogen-bond acceptors (Lipinski definition) is 2. The minimum Gasteiger partial charge on any atom is -0.366 e. The zero-order valence-electron chi connectivity index (χ0n) is 15.4. The molecule has 25 heavy (non-hydrogen) atoms. The van der Waals surface area contributed by atoms with Crippen molar-refractivity contribution < 1.29 is 4.79 Å². The Hall–Kier alpha value is -1.84. The molecule has 4 heteroatoms. The Morgan fingerprint density at radius 3 is 2.44 bits per heavy atom. The summed E-state index contributed by atoms with van der Waals surface area (Å²) in [6.07, 6.45) is 1.16. The molecule has 0 aliphatic heterocycles. The second-order valence-corrected chi connectivity index (χ2v) is 7.43. The second-order valence-electron chi connectivity index (χ2n) is 7.02. The van der Waals surface area contributed by atoms with E-state index in [1.807, 2.05) is 25.1 Å². The van der Waals surface area contributed by atoms with Gasteiger partial charge < -0.3 is 11.1 Å². The molecule has 2 rings (SSSR count). The highest BCUT2D eigenvalue weighted by molar-refractivity contribution is 6.33. The minimum absolute atomic E-state index is 0.416. The fourth-order valence-electron chi connectivity index (χ4n) is 2.98. The molecule has 0 atom stereocenters. The van der Waals surface area contributed by atoms with Gasteiger partial charge in [0.15, 0.2) is 0 Å². The van der Waals surface area contributed by atoms with Crippen molar-refractivity contribution in [2.24, 2.45) is 11.7 Å². The van der Waals surface area contributed by atoms with E-state index in [2.05, 4.69) is 32.2 Å². The molecule has 2 aromatic rings. The predicted octanol–water partition coefficient (Wildman–Crippen LogP) is 4.86. The first kappa shape index (κ1) is 19.5. The van der Waals surface area contributed by atoms with Gasteiger partial charge in [-0.15, -0.1) is 0 Å². The van der Waals surface area contributed by atoms with E-state index in [9.17, 15) is 4.79 Å². The number of carbonyl (C=O) groups is 1.